The Labute approximate surface area is 163 Å². The van der Waals surface area contributed by atoms with Crippen LogP contribution >= 0.6 is 0 Å². The Balaban J connectivity index is 1.30. The van der Waals surface area contributed by atoms with Crippen LogP contribution in [0.3, 0.4) is 0 Å². The smallest absolute Gasteiger partial charge is 0.0823 e. The number of para-hydroxylation sites is 1. The number of benzene rings is 2. The molecular formula is C24H29N3. The summed E-state index contributed by atoms with van der Waals surface area (Å²) in [5.41, 5.74) is 2.16. The van der Waals surface area contributed by atoms with Crippen molar-refractivity contribution in [2.75, 3.05) is 18.4 Å². The fraction of sp³-hybridized carbons (Fsp3) is 0.458. The van der Waals surface area contributed by atoms with Crippen molar-refractivity contribution in [2.45, 2.75) is 56.0 Å². The van der Waals surface area contributed by atoms with Crippen molar-refractivity contribution >= 4 is 5.69 Å². The minimum atomic E-state index is -0.273. The van der Waals surface area contributed by atoms with Crippen molar-refractivity contribution in [3.8, 4) is 6.07 Å². The summed E-state index contributed by atoms with van der Waals surface area (Å²) in [6.45, 7) is 2.33. The van der Waals surface area contributed by atoms with Gasteiger partial charge in [0.15, 0.2) is 0 Å². The van der Waals surface area contributed by atoms with Crippen molar-refractivity contribution in [2.24, 2.45) is 0 Å². The molecule has 1 N–H and O–H groups in total. The number of hydrogen-bond acceptors (Lipinski definition) is 3. The molecule has 3 nitrogen and oxygen atoms in total. The fourth-order valence-electron chi connectivity index (χ4n) is 4.86. The molecule has 140 valence electrons. The quantitative estimate of drug-likeness (QED) is 0.838. The number of anilines is 1. The zero-order valence-corrected chi connectivity index (χ0v) is 16.0. The highest BCUT2D eigenvalue weighted by molar-refractivity contribution is 5.43. The molecule has 0 aromatic heterocycles. The van der Waals surface area contributed by atoms with Crippen LogP contribution in [-0.4, -0.2) is 30.1 Å². The van der Waals surface area contributed by atoms with Gasteiger partial charge in [-0.25, -0.2) is 0 Å². The Morgan fingerprint density at radius 3 is 2.04 bits per heavy atom. The van der Waals surface area contributed by atoms with Crippen LogP contribution in [0.15, 0.2) is 60.7 Å². The van der Waals surface area contributed by atoms with E-state index in [4.69, 9.17) is 0 Å². The third-order valence-corrected chi connectivity index (χ3v) is 6.54. The van der Waals surface area contributed by atoms with Crippen molar-refractivity contribution < 1.29 is 0 Å². The first kappa shape index (κ1) is 18.1. The summed E-state index contributed by atoms with van der Waals surface area (Å²) in [6, 6.07) is 24.9. The van der Waals surface area contributed by atoms with Crippen LogP contribution < -0.4 is 5.32 Å². The van der Waals surface area contributed by atoms with E-state index in [2.05, 4.69) is 70.9 Å². The zero-order chi connectivity index (χ0) is 18.5. The van der Waals surface area contributed by atoms with Gasteiger partial charge in [0.25, 0.3) is 0 Å². The van der Waals surface area contributed by atoms with Crippen LogP contribution in [0.25, 0.3) is 0 Å². The average Bonchev–Trinajstić information content (AvgIpc) is 2.76. The highest BCUT2D eigenvalue weighted by Gasteiger charge is 2.39. The SMILES string of the molecule is N#CC1(c2ccccc2)CCC(N2CCC(Nc3ccccc3)CC2)CC1. The van der Waals surface area contributed by atoms with Crippen LogP contribution in [0.1, 0.15) is 44.1 Å². The van der Waals surface area contributed by atoms with E-state index in [1.807, 2.05) is 6.07 Å². The van der Waals surface area contributed by atoms with Gasteiger partial charge >= 0.3 is 0 Å². The van der Waals surface area contributed by atoms with Crippen molar-refractivity contribution in [3.05, 3.63) is 66.2 Å². The molecule has 1 aliphatic heterocycles. The molecule has 0 spiro atoms. The molecule has 1 saturated heterocycles. The van der Waals surface area contributed by atoms with E-state index >= 15 is 0 Å². The molecular weight excluding hydrogens is 330 g/mol. The van der Waals surface area contributed by atoms with Crippen LogP contribution in [0.2, 0.25) is 0 Å². The maximum absolute atomic E-state index is 9.89. The molecule has 1 heterocycles. The Morgan fingerprint density at radius 2 is 1.44 bits per heavy atom. The van der Waals surface area contributed by atoms with Crippen LogP contribution in [0.5, 0.6) is 0 Å². The van der Waals surface area contributed by atoms with Gasteiger partial charge in [-0.2, -0.15) is 5.26 Å². The Morgan fingerprint density at radius 1 is 0.852 bits per heavy atom. The average molecular weight is 360 g/mol. The van der Waals surface area contributed by atoms with Gasteiger partial charge in [-0.1, -0.05) is 48.5 Å². The second-order valence-corrected chi connectivity index (χ2v) is 8.11. The molecule has 0 amide bonds. The van der Waals surface area contributed by atoms with Crippen LogP contribution in [0, 0.1) is 11.3 Å². The van der Waals surface area contributed by atoms with Gasteiger partial charge in [0.05, 0.1) is 11.5 Å². The molecule has 1 aliphatic carbocycles. The minimum absolute atomic E-state index is 0.273. The standard InChI is InChI=1S/C24H29N3/c25-19-24(20-7-3-1-4-8-20)15-11-23(12-16-24)27-17-13-22(14-18-27)26-21-9-5-2-6-10-21/h1-10,22-23,26H,11-18H2. The molecule has 2 aromatic carbocycles. The lowest BCUT2D eigenvalue weighted by molar-refractivity contribution is 0.111. The van der Waals surface area contributed by atoms with Crippen molar-refractivity contribution in [3.63, 3.8) is 0 Å². The first-order chi connectivity index (χ1) is 13.3. The maximum atomic E-state index is 9.89. The van der Waals surface area contributed by atoms with E-state index in [1.165, 1.54) is 37.2 Å². The topological polar surface area (TPSA) is 39.1 Å². The Hall–Kier alpha value is -2.31. The lowest BCUT2D eigenvalue weighted by Gasteiger charge is -2.43. The van der Waals surface area contributed by atoms with Crippen LogP contribution in [0.4, 0.5) is 5.69 Å². The third kappa shape index (κ3) is 4.01. The molecule has 4 rings (SSSR count). The highest BCUT2D eigenvalue weighted by Crippen LogP contribution is 2.40. The van der Waals surface area contributed by atoms with Crippen LogP contribution in [-0.2, 0) is 5.41 Å². The number of nitrogens with one attached hydrogen (secondary N) is 1. The van der Waals surface area contributed by atoms with E-state index in [0.717, 1.165) is 25.7 Å². The molecule has 2 aromatic rings. The zero-order valence-electron chi connectivity index (χ0n) is 16.0. The van der Waals surface area contributed by atoms with Crippen molar-refractivity contribution in [1.29, 1.82) is 5.26 Å². The molecule has 2 fully saturated rings. The number of rotatable bonds is 4. The predicted molar refractivity (Wildman–Crippen MR) is 111 cm³/mol. The Bertz CT molecular complexity index is 749. The lowest BCUT2D eigenvalue weighted by Crippen LogP contribution is -2.47. The predicted octanol–water partition coefficient (Wildman–Crippen LogP) is 4.97. The normalized spacial score (nSPS) is 27.0. The van der Waals surface area contributed by atoms with E-state index in [1.54, 1.807) is 0 Å². The molecule has 27 heavy (non-hydrogen) atoms. The van der Waals surface area contributed by atoms with Crippen molar-refractivity contribution in [1.82, 2.24) is 4.90 Å². The van der Waals surface area contributed by atoms with Gasteiger partial charge in [0.1, 0.15) is 0 Å². The summed E-state index contributed by atoms with van der Waals surface area (Å²) in [4.78, 5) is 2.68. The molecule has 3 heteroatoms. The van der Waals surface area contributed by atoms with E-state index in [-0.39, 0.29) is 5.41 Å². The molecule has 0 bridgehead atoms. The van der Waals surface area contributed by atoms with Gasteiger partial charge in [-0.3, -0.25) is 0 Å². The minimum Gasteiger partial charge on any atom is -0.382 e. The lowest BCUT2D eigenvalue weighted by atomic mass is 9.69. The van der Waals surface area contributed by atoms with Gasteiger partial charge in [-0.15, -0.1) is 0 Å². The number of piperidine rings is 1. The molecule has 0 atom stereocenters. The summed E-state index contributed by atoms with van der Waals surface area (Å²) in [5.74, 6) is 0. The summed E-state index contributed by atoms with van der Waals surface area (Å²) in [7, 11) is 0. The summed E-state index contributed by atoms with van der Waals surface area (Å²) >= 11 is 0. The largest absolute Gasteiger partial charge is 0.382 e. The van der Waals surface area contributed by atoms with Gasteiger partial charge in [-0.05, 0) is 56.2 Å². The second-order valence-electron chi connectivity index (χ2n) is 8.11. The molecule has 0 unspecified atom stereocenters. The first-order valence-electron chi connectivity index (χ1n) is 10.3. The van der Waals surface area contributed by atoms with E-state index < -0.39 is 0 Å². The first-order valence-corrected chi connectivity index (χ1v) is 10.3. The fourth-order valence-corrected chi connectivity index (χ4v) is 4.86. The monoisotopic (exact) mass is 359 g/mol. The third-order valence-electron chi connectivity index (χ3n) is 6.54. The molecule has 0 radical (unpaired) electrons. The van der Waals surface area contributed by atoms with Gasteiger partial charge < -0.3 is 10.2 Å². The van der Waals surface area contributed by atoms with E-state index in [0.29, 0.717) is 12.1 Å². The highest BCUT2D eigenvalue weighted by atomic mass is 15.2. The van der Waals surface area contributed by atoms with Gasteiger partial charge in [0, 0.05) is 30.9 Å². The summed E-state index contributed by atoms with van der Waals surface area (Å²) < 4.78 is 0. The molecule has 2 aliphatic rings. The van der Waals surface area contributed by atoms with Gasteiger partial charge in [0.2, 0.25) is 0 Å². The maximum Gasteiger partial charge on any atom is 0.0823 e. The summed E-state index contributed by atoms with van der Waals surface area (Å²) in [6.07, 6.45) is 6.65. The Kier molecular flexibility index (Phi) is 5.45. The number of nitriles is 1. The molecule has 1 saturated carbocycles. The summed E-state index contributed by atoms with van der Waals surface area (Å²) in [5, 5.41) is 13.6. The number of likely N-dealkylation sites (tertiary alicyclic amines) is 1. The van der Waals surface area contributed by atoms with E-state index in [9.17, 15) is 5.26 Å². The number of nitrogens with zero attached hydrogens (tertiary/aromatic N) is 2. The second kappa shape index (κ2) is 8.15. The number of hydrogen-bond donors (Lipinski definition) is 1.